The van der Waals surface area contributed by atoms with E-state index < -0.39 is 6.10 Å². The molecule has 1 fully saturated rings. The van der Waals surface area contributed by atoms with E-state index in [1.807, 2.05) is 6.07 Å². The van der Waals surface area contributed by atoms with Crippen LogP contribution in [0.2, 0.25) is 0 Å². The molecule has 94 valence electrons. The zero-order valence-electron chi connectivity index (χ0n) is 9.23. The molecule has 1 aromatic carbocycles. The Bertz CT molecular complexity index is 363. The number of aliphatic hydroxyl groups excluding tert-OH is 1. The van der Waals surface area contributed by atoms with Gasteiger partial charge < -0.3 is 9.84 Å². The van der Waals surface area contributed by atoms with Crippen LogP contribution in [0.15, 0.2) is 22.7 Å². The molecule has 1 aromatic rings. The van der Waals surface area contributed by atoms with Gasteiger partial charge in [0.25, 0.3) is 0 Å². The van der Waals surface area contributed by atoms with E-state index in [1.54, 1.807) is 11.8 Å². The molecule has 0 bridgehead atoms. The van der Waals surface area contributed by atoms with Gasteiger partial charge in [0.1, 0.15) is 5.82 Å². The van der Waals surface area contributed by atoms with Gasteiger partial charge in [-0.2, -0.15) is 11.8 Å². The molecule has 1 N–H and O–H groups in total. The summed E-state index contributed by atoms with van der Waals surface area (Å²) in [6.45, 7) is 0.680. The molecule has 5 heteroatoms. The lowest BCUT2D eigenvalue weighted by atomic mass is 10.0. The minimum absolute atomic E-state index is 0.143. The molecule has 1 aliphatic rings. The molecule has 2 unspecified atom stereocenters. The first-order chi connectivity index (χ1) is 8.15. The summed E-state index contributed by atoms with van der Waals surface area (Å²) in [5.74, 6) is 1.49. The van der Waals surface area contributed by atoms with E-state index >= 15 is 0 Å². The van der Waals surface area contributed by atoms with E-state index in [0.29, 0.717) is 17.5 Å². The Labute approximate surface area is 113 Å². The summed E-state index contributed by atoms with van der Waals surface area (Å²) in [4.78, 5) is 0. The first-order valence-electron chi connectivity index (χ1n) is 5.47. The maximum absolute atomic E-state index is 13.2. The van der Waals surface area contributed by atoms with Gasteiger partial charge in [-0.1, -0.05) is 15.9 Å². The van der Waals surface area contributed by atoms with Crippen LogP contribution in [0, 0.1) is 5.82 Å². The van der Waals surface area contributed by atoms with Crippen molar-refractivity contribution in [2.75, 3.05) is 18.1 Å². The Hall–Kier alpha value is -0.100. The predicted octanol–water partition coefficient (Wildman–Crippen LogP) is 2.62. The van der Waals surface area contributed by atoms with Crippen LogP contribution in [0.5, 0.6) is 0 Å². The lowest BCUT2D eigenvalue weighted by molar-refractivity contribution is -0.0208. The monoisotopic (exact) mass is 320 g/mol. The highest BCUT2D eigenvalue weighted by Gasteiger charge is 2.23. The summed E-state index contributed by atoms with van der Waals surface area (Å²) in [6.07, 6.45) is -0.297. The van der Waals surface area contributed by atoms with Crippen molar-refractivity contribution in [1.29, 1.82) is 0 Å². The lowest BCUT2D eigenvalue weighted by Gasteiger charge is -2.26. The fourth-order valence-corrected chi connectivity index (χ4v) is 3.27. The quantitative estimate of drug-likeness (QED) is 0.928. The predicted molar refractivity (Wildman–Crippen MR) is 70.9 cm³/mol. The van der Waals surface area contributed by atoms with Crippen molar-refractivity contribution in [3.8, 4) is 0 Å². The second kappa shape index (κ2) is 6.18. The smallest absolute Gasteiger partial charge is 0.124 e. The molecule has 2 atom stereocenters. The standard InChI is InChI=1S/C12H14BrFO2S/c13-9-3-8(4-10(14)6-9)5-11(15)12-7-17-2-1-16-12/h3-4,6,11-12,15H,1-2,5,7H2. The number of rotatable bonds is 3. The van der Waals surface area contributed by atoms with Gasteiger partial charge in [0, 0.05) is 22.4 Å². The molecule has 0 spiro atoms. The zero-order valence-corrected chi connectivity index (χ0v) is 11.6. The highest BCUT2D eigenvalue weighted by atomic mass is 79.9. The van der Waals surface area contributed by atoms with E-state index in [2.05, 4.69) is 15.9 Å². The van der Waals surface area contributed by atoms with Gasteiger partial charge in [-0.05, 0) is 23.8 Å². The van der Waals surface area contributed by atoms with Gasteiger partial charge in [0.2, 0.25) is 0 Å². The number of hydrogen-bond donors (Lipinski definition) is 1. The molecule has 17 heavy (non-hydrogen) atoms. The van der Waals surface area contributed by atoms with Crippen LogP contribution in [0.1, 0.15) is 5.56 Å². The molecule has 1 heterocycles. The van der Waals surface area contributed by atoms with Crippen LogP contribution < -0.4 is 0 Å². The minimum atomic E-state index is -0.573. The van der Waals surface area contributed by atoms with E-state index in [1.165, 1.54) is 12.1 Å². The molecule has 0 radical (unpaired) electrons. The number of benzene rings is 1. The van der Waals surface area contributed by atoms with Gasteiger partial charge in [0.15, 0.2) is 0 Å². The molecule has 2 nitrogen and oxygen atoms in total. The minimum Gasteiger partial charge on any atom is -0.390 e. The van der Waals surface area contributed by atoms with Crippen LogP contribution in [0.3, 0.4) is 0 Å². The van der Waals surface area contributed by atoms with Crippen molar-refractivity contribution in [3.05, 3.63) is 34.1 Å². The average molecular weight is 321 g/mol. The number of ether oxygens (including phenoxy) is 1. The van der Waals surface area contributed by atoms with E-state index in [0.717, 1.165) is 17.1 Å². The Morgan fingerprint density at radius 2 is 2.35 bits per heavy atom. The van der Waals surface area contributed by atoms with E-state index in [-0.39, 0.29) is 11.9 Å². The highest BCUT2D eigenvalue weighted by molar-refractivity contribution is 9.10. The van der Waals surface area contributed by atoms with Crippen LogP contribution in [0.4, 0.5) is 4.39 Å². The summed E-state index contributed by atoms with van der Waals surface area (Å²) in [6, 6.07) is 4.68. The fraction of sp³-hybridized carbons (Fsp3) is 0.500. The van der Waals surface area contributed by atoms with Gasteiger partial charge in [-0.3, -0.25) is 0 Å². The third kappa shape index (κ3) is 3.95. The van der Waals surface area contributed by atoms with Crippen molar-refractivity contribution in [3.63, 3.8) is 0 Å². The van der Waals surface area contributed by atoms with E-state index in [4.69, 9.17) is 4.74 Å². The van der Waals surface area contributed by atoms with Crippen molar-refractivity contribution >= 4 is 27.7 Å². The molecule has 0 aliphatic carbocycles. The first kappa shape index (κ1) is 13.3. The summed E-state index contributed by atoms with van der Waals surface area (Å²) in [5, 5.41) is 10.0. The first-order valence-corrected chi connectivity index (χ1v) is 7.42. The second-order valence-corrected chi connectivity index (χ2v) is 6.10. The average Bonchev–Trinajstić information content (AvgIpc) is 2.28. The van der Waals surface area contributed by atoms with Gasteiger partial charge >= 0.3 is 0 Å². The molecule has 1 aliphatic heterocycles. The number of thioether (sulfide) groups is 1. The molecule has 0 amide bonds. The molecule has 0 aromatic heterocycles. The summed E-state index contributed by atoms with van der Waals surface area (Å²) in [7, 11) is 0. The normalized spacial score (nSPS) is 22.4. The maximum atomic E-state index is 13.2. The summed E-state index contributed by atoms with van der Waals surface area (Å²) >= 11 is 5.02. The molecular formula is C12H14BrFO2S. The molecule has 2 rings (SSSR count). The second-order valence-electron chi connectivity index (χ2n) is 4.03. The number of hydrogen-bond acceptors (Lipinski definition) is 3. The third-order valence-electron chi connectivity index (χ3n) is 2.64. The van der Waals surface area contributed by atoms with Crippen molar-refractivity contribution < 1.29 is 14.2 Å². The van der Waals surface area contributed by atoms with Crippen molar-refractivity contribution in [1.82, 2.24) is 0 Å². The maximum Gasteiger partial charge on any atom is 0.124 e. The lowest BCUT2D eigenvalue weighted by Crippen LogP contribution is -2.36. The van der Waals surface area contributed by atoms with Crippen molar-refractivity contribution in [2.45, 2.75) is 18.6 Å². The highest BCUT2D eigenvalue weighted by Crippen LogP contribution is 2.20. The summed E-state index contributed by atoms with van der Waals surface area (Å²) in [5.41, 5.74) is 0.781. The van der Waals surface area contributed by atoms with Crippen LogP contribution >= 0.6 is 27.7 Å². The Balaban J connectivity index is 1.99. The zero-order chi connectivity index (χ0) is 12.3. The van der Waals surface area contributed by atoms with Crippen LogP contribution in [-0.2, 0) is 11.2 Å². The largest absolute Gasteiger partial charge is 0.390 e. The Morgan fingerprint density at radius 3 is 3.00 bits per heavy atom. The van der Waals surface area contributed by atoms with Gasteiger partial charge in [0.05, 0.1) is 18.8 Å². The van der Waals surface area contributed by atoms with Crippen molar-refractivity contribution in [2.24, 2.45) is 0 Å². The number of halogens is 2. The van der Waals surface area contributed by atoms with Crippen LogP contribution in [-0.4, -0.2) is 35.4 Å². The van der Waals surface area contributed by atoms with Crippen LogP contribution in [0.25, 0.3) is 0 Å². The molecule has 1 saturated heterocycles. The SMILES string of the molecule is OC(Cc1cc(F)cc(Br)c1)C1CSCCO1. The third-order valence-corrected chi connectivity index (χ3v) is 4.12. The topological polar surface area (TPSA) is 29.5 Å². The van der Waals surface area contributed by atoms with E-state index in [9.17, 15) is 9.50 Å². The summed E-state index contributed by atoms with van der Waals surface area (Å²) < 4.78 is 19.4. The fourth-order valence-electron chi connectivity index (χ4n) is 1.83. The molecule has 0 saturated carbocycles. The molecular weight excluding hydrogens is 307 g/mol. The van der Waals surface area contributed by atoms with Gasteiger partial charge in [-0.15, -0.1) is 0 Å². The Morgan fingerprint density at radius 1 is 1.53 bits per heavy atom. The number of aliphatic hydroxyl groups is 1. The Kier molecular flexibility index (Phi) is 4.85. The van der Waals surface area contributed by atoms with Gasteiger partial charge in [-0.25, -0.2) is 4.39 Å².